The van der Waals surface area contributed by atoms with Crippen LogP contribution in [0.25, 0.3) is 95.6 Å². The molecule has 0 saturated carbocycles. The predicted molar refractivity (Wildman–Crippen MR) is 210 cm³/mol. The van der Waals surface area contributed by atoms with Crippen LogP contribution in [0.15, 0.2) is 168 Å². The van der Waals surface area contributed by atoms with Crippen molar-refractivity contribution in [2.75, 3.05) is 0 Å². The van der Waals surface area contributed by atoms with Gasteiger partial charge in [0, 0.05) is 49.3 Å². The SMILES string of the molecule is C1=CCC=c2c(oc3c(-c4cccc(-c5nc(-c6ccccc6)cc(-c6ccccc6)n5)c4)cc(-n4c5ccccc5c5ccccc54)cc23)=C1. The fourth-order valence-corrected chi connectivity index (χ4v) is 7.44. The van der Waals surface area contributed by atoms with E-state index in [-0.39, 0.29) is 0 Å². The van der Waals surface area contributed by atoms with Crippen molar-refractivity contribution in [3.05, 3.63) is 174 Å². The topological polar surface area (TPSA) is 43.9 Å². The van der Waals surface area contributed by atoms with Crippen LogP contribution in [-0.4, -0.2) is 14.5 Å². The lowest BCUT2D eigenvalue weighted by Crippen LogP contribution is -2.18. The highest BCUT2D eigenvalue weighted by molar-refractivity contribution is 6.10. The fourth-order valence-electron chi connectivity index (χ4n) is 7.44. The first-order valence-electron chi connectivity index (χ1n) is 17.3. The molecule has 1 aliphatic carbocycles. The van der Waals surface area contributed by atoms with Crippen LogP contribution in [0.3, 0.4) is 0 Å². The number of rotatable bonds is 5. The Morgan fingerprint density at radius 1 is 0.529 bits per heavy atom. The molecule has 0 unspecified atom stereocenters. The molecule has 0 amide bonds. The molecule has 240 valence electrons. The van der Waals surface area contributed by atoms with E-state index in [9.17, 15) is 0 Å². The number of aromatic nitrogens is 3. The molecule has 4 nitrogen and oxygen atoms in total. The molecular weight excluding hydrogens is 623 g/mol. The summed E-state index contributed by atoms with van der Waals surface area (Å²) in [4.78, 5) is 10.3. The van der Waals surface area contributed by atoms with Crippen molar-refractivity contribution < 1.29 is 4.42 Å². The van der Waals surface area contributed by atoms with Gasteiger partial charge >= 0.3 is 0 Å². The third-order valence-electron chi connectivity index (χ3n) is 9.82. The second-order valence-electron chi connectivity index (χ2n) is 12.9. The van der Waals surface area contributed by atoms with Gasteiger partial charge in [-0.15, -0.1) is 0 Å². The van der Waals surface area contributed by atoms with E-state index < -0.39 is 0 Å². The van der Waals surface area contributed by atoms with Gasteiger partial charge in [0.25, 0.3) is 0 Å². The Hall–Kier alpha value is -6.78. The highest BCUT2D eigenvalue weighted by Crippen LogP contribution is 2.37. The molecule has 0 radical (unpaired) electrons. The zero-order valence-electron chi connectivity index (χ0n) is 27.7. The van der Waals surface area contributed by atoms with Crippen molar-refractivity contribution in [1.29, 1.82) is 0 Å². The lowest BCUT2D eigenvalue weighted by atomic mass is 9.99. The van der Waals surface area contributed by atoms with E-state index in [2.05, 4.69) is 144 Å². The summed E-state index contributed by atoms with van der Waals surface area (Å²) in [6.07, 6.45) is 9.44. The summed E-state index contributed by atoms with van der Waals surface area (Å²) in [5.74, 6) is 0.675. The first-order valence-corrected chi connectivity index (χ1v) is 17.3. The Morgan fingerprint density at radius 3 is 1.82 bits per heavy atom. The second kappa shape index (κ2) is 12.0. The Kier molecular flexibility index (Phi) is 6.85. The van der Waals surface area contributed by atoms with E-state index in [1.807, 2.05) is 36.4 Å². The largest absolute Gasteiger partial charge is 0.455 e. The molecule has 0 aliphatic heterocycles. The highest BCUT2D eigenvalue weighted by atomic mass is 16.3. The fraction of sp³-hybridized carbons (Fsp3) is 0.0213. The molecule has 3 aromatic heterocycles. The van der Waals surface area contributed by atoms with Gasteiger partial charge in [-0.2, -0.15) is 0 Å². The van der Waals surface area contributed by atoms with E-state index in [0.29, 0.717) is 5.82 Å². The molecule has 0 fully saturated rings. The number of hydrogen-bond acceptors (Lipinski definition) is 3. The minimum Gasteiger partial charge on any atom is -0.455 e. The van der Waals surface area contributed by atoms with Crippen LogP contribution in [-0.2, 0) is 0 Å². The monoisotopic (exact) mass is 653 g/mol. The van der Waals surface area contributed by atoms with E-state index >= 15 is 0 Å². The highest BCUT2D eigenvalue weighted by Gasteiger charge is 2.19. The van der Waals surface area contributed by atoms with Crippen molar-refractivity contribution in [3.8, 4) is 50.7 Å². The number of para-hydroxylation sites is 2. The Bertz CT molecular complexity index is 2820. The molecule has 1 aliphatic rings. The van der Waals surface area contributed by atoms with Gasteiger partial charge in [0.05, 0.1) is 22.4 Å². The normalized spacial score (nSPS) is 12.5. The van der Waals surface area contributed by atoms with Crippen LogP contribution >= 0.6 is 0 Å². The molecule has 0 atom stereocenters. The smallest absolute Gasteiger partial charge is 0.160 e. The first kappa shape index (κ1) is 29.2. The quantitative estimate of drug-likeness (QED) is 0.186. The summed E-state index contributed by atoms with van der Waals surface area (Å²) in [5, 5.41) is 4.69. The number of furan rings is 1. The average Bonchev–Trinajstić information content (AvgIpc) is 3.62. The maximum absolute atomic E-state index is 6.72. The number of fused-ring (bicyclic) bond motifs is 6. The lowest BCUT2D eigenvalue weighted by Gasteiger charge is -2.13. The summed E-state index contributed by atoms with van der Waals surface area (Å²) in [6.45, 7) is 0. The van der Waals surface area contributed by atoms with Crippen LogP contribution in [0.2, 0.25) is 0 Å². The van der Waals surface area contributed by atoms with E-state index in [0.717, 1.165) is 72.9 Å². The van der Waals surface area contributed by atoms with Gasteiger partial charge in [0.2, 0.25) is 0 Å². The molecule has 3 heterocycles. The second-order valence-corrected chi connectivity index (χ2v) is 12.9. The Balaban J connectivity index is 1.22. The van der Waals surface area contributed by atoms with Gasteiger partial charge in [-0.05, 0) is 54.5 Å². The van der Waals surface area contributed by atoms with Crippen LogP contribution < -0.4 is 10.6 Å². The summed E-state index contributed by atoms with van der Waals surface area (Å²) in [5.41, 5.74) is 12.0. The molecule has 0 N–H and O–H groups in total. The van der Waals surface area contributed by atoms with Crippen molar-refractivity contribution >= 4 is 44.9 Å². The molecule has 0 saturated heterocycles. The average molecular weight is 654 g/mol. The molecule has 6 aromatic carbocycles. The van der Waals surface area contributed by atoms with Crippen molar-refractivity contribution in [3.63, 3.8) is 0 Å². The van der Waals surface area contributed by atoms with Crippen LogP contribution in [0.4, 0.5) is 0 Å². The van der Waals surface area contributed by atoms with Gasteiger partial charge in [0.1, 0.15) is 11.0 Å². The molecule has 0 spiro atoms. The van der Waals surface area contributed by atoms with E-state index in [4.69, 9.17) is 14.4 Å². The van der Waals surface area contributed by atoms with Gasteiger partial charge in [-0.1, -0.05) is 133 Å². The molecule has 4 heteroatoms. The number of allylic oxidation sites excluding steroid dienone is 2. The summed E-state index contributed by atoms with van der Waals surface area (Å²) < 4.78 is 9.11. The zero-order chi connectivity index (χ0) is 33.7. The summed E-state index contributed by atoms with van der Waals surface area (Å²) in [6, 6.07) is 53.1. The third-order valence-corrected chi connectivity index (χ3v) is 9.82. The van der Waals surface area contributed by atoms with Gasteiger partial charge in [0.15, 0.2) is 5.82 Å². The number of nitrogens with zero attached hydrogens (tertiary/aromatic N) is 3. The Morgan fingerprint density at radius 2 is 1.14 bits per heavy atom. The standard InChI is InChI=1S/C47H31N3O/c1-4-15-31(16-5-1)41-30-42(32-17-6-2-7-18-32)49-47(48-41)34-20-14-19-33(27-34)39-28-35(29-40-38-23-8-3-9-26-45(38)51-46(39)40)50-43-24-12-10-21-36(43)37-22-11-13-25-44(37)50/h1-7,9-30H,8H2. The van der Waals surface area contributed by atoms with Crippen LogP contribution in [0, 0.1) is 0 Å². The molecular formula is C47H31N3O. The van der Waals surface area contributed by atoms with Crippen molar-refractivity contribution in [2.45, 2.75) is 6.42 Å². The van der Waals surface area contributed by atoms with Crippen molar-refractivity contribution in [1.82, 2.24) is 14.5 Å². The molecule has 10 rings (SSSR count). The summed E-state index contributed by atoms with van der Waals surface area (Å²) in [7, 11) is 0. The third kappa shape index (κ3) is 5.00. The maximum atomic E-state index is 6.72. The summed E-state index contributed by atoms with van der Waals surface area (Å²) >= 11 is 0. The first-order chi connectivity index (χ1) is 25.3. The van der Waals surface area contributed by atoms with Crippen molar-refractivity contribution in [2.24, 2.45) is 0 Å². The minimum absolute atomic E-state index is 0.675. The molecule has 0 bridgehead atoms. The maximum Gasteiger partial charge on any atom is 0.160 e. The molecule has 51 heavy (non-hydrogen) atoms. The van der Waals surface area contributed by atoms with Crippen LogP contribution in [0.5, 0.6) is 0 Å². The van der Waals surface area contributed by atoms with Gasteiger partial charge in [-0.25, -0.2) is 9.97 Å². The Labute approximate surface area is 294 Å². The van der Waals surface area contributed by atoms with Gasteiger partial charge in [-0.3, -0.25) is 0 Å². The van der Waals surface area contributed by atoms with Crippen LogP contribution in [0.1, 0.15) is 6.42 Å². The van der Waals surface area contributed by atoms with Gasteiger partial charge < -0.3 is 8.98 Å². The zero-order valence-corrected chi connectivity index (χ0v) is 27.7. The predicted octanol–water partition coefficient (Wildman–Crippen LogP) is 10.5. The minimum atomic E-state index is 0.675. The lowest BCUT2D eigenvalue weighted by molar-refractivity contribution is 0.576. The van der Waals surface area contributed by atoms with E-state index in [1.165, 1.54) is 21.8 Å². The molecule has 9 aromatic rings. The number of benzene rings is 6. The van der Waals surface area contributed by atoms with E-state index in [1.54, 1.807) is 0 Å². The number of hydrogen-bond donors (Lipinski definition) is 0.